The van der Waals surface area contributed by atoms with Crippen molar-refractivity contribution in [3.63, 3.8) is 0 Å². The first-order valence-electron chi connectivity index (χ1n) is 4.95. The first-order valence-corrected chi connectivity index (χ1v) is 4.95. The fraction of sp³-hybridized carbons (Fsp3) is 0.778. The predicted molar refractivity (Wildman–Crippen MR) is 49.7 cm³/mol. The highest BCUT2D eigenvalue weighted by Gasteiger charge is 2.42. The van der Waals surface area contributed by atoms with E-state index < -0.39 is 0 Å². The van der Waals surface area contributed by atoms with Gasteiger partial charge in [0, 0.05) is 13.0 Å². The maximum absolute atomic E-state index is 8.71. The van der Waals surface area contributed by atoms with Crippen molar-refractivity contribution in [2.24, 2.45) is 5.73 Å². The first-order chi connectivity index (χ1) is 6.80. The van der Waals surface area contributed by atoms with Gasteiger partial charge < -0.3 is 15.4 Å². The van der Waals surface area contributed by atoms with Gasteiger partial charge in [-0.3, -0.25) is 0 Å². The van der Waals surface area contributed by atoms with Crippen molar-refractivity contribution in [2.75, 3.05) is 13.2 Å². The summed E-state index contributed by atoms with van der Waals surface area (Å²) in [6.07, 6.45) is 3.69. The van der Waals surface area contributed by atoms with Crippen LogP contribution in [0.1, 0.15) is 31.0 Å². The van der Waals surface area contributed by atoms with Crippen LogP contribution in [0.25, 0.3) is 0 Å². The normalized spacial score (nSPS) is 19.3. The Morgan fingerprint density at radius 3 is 2.79 bits per heavy atom. The second-order valence-electron chi connectivity index (χ2n) is 3.83. The Morgan fingerprint density at radius 2 is 2.29 bits per heavy atom. The molecule has 5 nitrogen and oxygen atoms in total. The average molecular weight is 197 g/mol. The molecular formula is C9H15N3O2. The molecule has 0 bridgehead atoms. The minimum atomic E-state index is -0.0687. The average Bonchev–Trinajstić information content (AvgIpc) is 2.54. The number of aliphatic hydroxyl groups is 1. The highest BCUT2D eigenvalue weighted by atomic mass is 16.5. The Bertz CT molecular complexity index is 301. The summed E-state index contributed by atoms with van der Waals surface area (Å²) in [4.78, 5) is 4.25. The molecular weight excluding hydrogens is 182 g/mol. The summed E-state index contributed by atoms with van der Waals surface area (Å²) in [5.74, 6) is 1.22. The number of nitrogens with two attached hydrogens (primary N) is 1. The number of nitrogens with zero attached hydrogens (tertiary/aromatic N) is 2. The molecule has 2 rings (SSSR count). The van der Waals surface area contributed by atoms with Gasteiger partial charge in [0.25, 0.3) is 0 Å². The van der Waals surface area contributed by atoms with Crippen molar-refractivity contribution >= 4 is 0 Å². The quantitative estimate of drug-likeness (QED) is 0.708. The van der Waals surface area contributed by atoms with Crippen LogP contribution in [0.3, 0.4) is 0 Å². The Kier molecular flexibility index (Phi) is 2.52. The van der Waals surface area contributed by atoms with Gasteiger partial charge in [0.05, 0.1) is 12.0 Å². The minimum Gasteiger partial charge on any atom is -0.396 e. The van der Waals surface area contributed by atoms with Gasteiger partial charge in [0.1, 0.15) is 0 Å². The fourth-order valence-electron chi connectivity index (χ4n) is 1.78. The number of rotatable bonds is 4. The van der Waals surface area contributed by atoms with E-state index >= 15 is 0 Å². The lowest BCUT2D eigenvalue weighted by Gasteiger charge is -2.36. The fourth-order valence-corrected chi connectivity index (χ4v) is 1.78. The monoisotopic (exact) mass is 197 g/mol. The van der Waals surface area contributed by atoms with Crippen LogP contribution in [0, 0.1) is 0 Å². The van der Waals surface area contributed by atoms with Crippen LogP contribution in [0.15, 0.2) is 4.52 Å². The number of hydrogen-bond donors (Lipinski definition) is 2. The van der Waals surface area contributed by atoms with Crippen LogP contribution in [0.4, 0.5) is 0 Å². The van der Waals surface area contributed by atoms with Crippen LogP contribution in [-0.2, 0) is 11.8 Å². The Morgan fingerprint density at radius 1 is 1.50 bits per heavy atom. The molecule has 1 aliphatic rings. The van der Waals surface area contributed by atoms with E-state index in [2.05, 4.69) is 10.1 Å². The van der Waals surface area contributed by atoms with E-state index in [-0.39, 0.29) is 12.0 Å². The van der Waals surface area contributed by atoms with Crippen LogP contribution in [0.2, 0.25) is 0 Å². The Labute approximate surface area is 82.3 Å². The van der Waals surface area contributed by atoms with E-state index in [1.54, 1.807) is 0 Å². The molecule has 0 radical (unpaired) electrons. The molecule has 1 aromatic heterocycles. The molecule has 78 valence electrons. The highest BCUT2D eigenvalue weighted by Crippen LogP contribution is 2.41. The minimum absolute atomic E-state index is 0.0502. The van der Waals surface area contributed by atoms with E-state index in [9.17, 15) is 0 Å². The lowest BCUT2D eigenvalue weighted by Crippen LogP contribution is -2.41. The summed E-state index contributed by atoms with van der Waals surface area (Å²) >= 11 is 0. The predicted octanol–water partition coefficient (Wildman–Crippen LogP) is -0.0152. The van der Waals surface area contributed by atoms with E-state index in [0.717, 1.165) is 12.8 Å². The van der Waals surface area contributed by atoms with E-state index in [0.29, 0.717) is 24.7 Å². The third-order valence-electron chi connectivity index (χ3n) is 2.96. The van der Waals surface area contributed by atoms with Crippen LogP contribution >= 0.6 is 0 Å². The number of hydrogen-bond acceptors (Lipinski definition) is 5. The maximum atomic E-state index is 8.71. The van der Waals surface area contributed by atoms with Gasteiger partial charge in [-0.1, -0.05) is 11.6 Å². The van der Waals surface area contributed by atoms with Crippen molar-refractivity contribution in [3.8, 4) is 0 Å². The SMILES string of the molecule is NCC1(c2nc(CCO)no2)CCC1. The summed E-state index contributed by atoms with van der Waals surface area (Å²) in [6, 6.07) is 0. The lowest BCUT2D eigenvalue weighted by atomic mass is 9.69. The third kappa shape index (κ3) is 1.42. The molecule has 1 aromatic rings. The highest BCUT2D eigenvalue weighted by molar-refractivity contribution is 5.11. The van der Waals surface area contributed by atoms with Crippen LogP contribution < -0.4 is 5.73 Å². The lowest BCUT2D eigenvalue weighted by molar-refractivity contribution is 0.181. The van der Waals surface area contributed by atoms with Crippen molar-refractivity contribution in [1.82, 2.24) is 10.1 Å². The van der Waals surface area contributed by atoms with Crippen molar-refractivity contribution < 1.29 is 9.63 Å². The first kappa shape index (κ1) is 9.61. The largest absolute Gasteiger partial charge is 0.396 e. The molecule has 1 fully saturated rings. The Hall–Kier alpha value is -0.940. The molecule has 0 atom stereocenters. The summed E-state index contributed by atoms with van der Waals surface area (Å²) in [5, 5.41) is 12.5. The molecule has 1 aliphatic carbocycles. The standard InChI is InChI=1S/C9H15N3O2/c10-6-9(3-1-4-9)8-11-7(2-5-13)12-14-8/h13H,1-6,10H2. The molecule has 0 aromatic carbocycles. The van der Waals surface area contributed by atoms with Crippen molar-refractivity contribution in [2.45, 2.75) is 31.1 Å². The zero-order valence-corrected chi connectivity index (χ0v) is 8.07. The molecule has 5 heteroatoms. The molecule has 0 aliphatic heterocycles. The molecule has 14 heavy (non-hydrogen) atoms. The van der Waals surface area contributed by atoms with Crippen molar-refractivity contribution in [1.29, 1.82) is 0 Å². The van der Waals surface area contributed by atoms with Crippen molar-refractivity contribution in [3.05, 3.63) is 11.7 Å². The second-order valence-corrected chi connectivity index (χ2v) is 3.83. The van der Waals surface area contributed by atoms with Gasteiger partial charge >= 0.3 is 0 Å². The van der Waals surface area contributed by atoms with Crippen LogP contribution in [0.5, 0.6) is 0 Å². The molecule has 0 unspecified atom stereocenters. The van der Waals surface area contributed by atoms with E-state index in [1.165, 1.54) is 6.42 Å². The zero-order valence-electron chi connectivity index (χ0n) is 8.07. The second kappa shape index (κ2) is 3.67. The van der Waals surface area contributed by atoms with Gasteiger partial charge in [0.2, 0.25) is 5.89 Å². The topological polar surface area (TPSA) is 85.2 Å². The molecule has 0 amide bonds. The van der Waals surface area contributed by atoms with Gasteiger partial charge in [-0.2, -0.15) is 4.98 Å². The smallest absolute Gasteiger partial charge is 0.234 e. The molecule has 0 spiro atoms. The summed E-state index contributed by atoms with van der Waals surface area (Å²) in [6.45, 7) is 0.613. The number of aromatic nitrogens is 2. The summed E-state index contributed by atoms with van der Waals surface area (Å²) < 4.78 is 5.16. The maximum Gasteiger partial charge on any atom is 0.234 e. The third-order valence-corrected chi connectivity index (χ3v) is 2.96. The number of aliphatic hydroxyl groups excluding tert-OH is 1. The van der Waals surface area contributed by atoms with E-state index in [1.807, 2.05) is 0 Å². The molecule has 0 saturated heterocycles. The van der Waals surface area contributed by atoms with Gasteiger partial charge in [-0.25, -0.2) is 0 Å². The zero-order chi connectivity index (χ0) is 10.0. The van der Waals surface area contributed by atoms with Gasteiger partial charge in [-0.05, 0) is 12.8 Å². The molecule has 1 heterocycles. The van der Waals surface area contributed by atoms with Gasteiger partial charge in [-0.15, -0.1) is 0 Å². The summed E-state index contributed by atoms with van der Waals surface area (Å²) in [7, 11) is 0. The Balaban J connectivity index is 2.15. The molecule has 3 N–H and O–H groups in total. The molecule has 1 saturated carbocycles. The van der Waals surface area contributed by atoms with Crippen LogP contribution in [-0.4, -0.2) is 28.4 Å². The summed E-state index contributed by atoms with van der Waals surface area (Å²) in [5.41, 5.74) is 5.64. The van der Waals surface area contributed by atoms with E-state index in [4.69, 9.17) is 15.4 Å². The van der Waals surface area contributed by atoms with Gasteiger partial charge in [0.15, 0.2) is 5.82 Å².